The van der Waals surface area contributed by atoms with E-state index in [0.717, 1.165) is 12.8 Å². The molecule has 2 aromatic rings. The van der Waals surface area contributed by atoms with Gasteiger partial charge < -0.3 is 4.90 Å². The minimum Gasteiger partial charge on any atom is -0.329 e. The first-order valence-electron chi connectivity index (χ1n) is 6.15. The smallest absolute Gasteiger partial charge is 0.291 e. The maximum Gasteiger partial charge on any atom is 0.291 e. The Morgan fingerprint density at radius 2 is 2.21 bits per heavy atom. The van der Waals surface area contributed by atoms with Gasteiger partial charge in [-0.3, -0.25) is 9.89 Å². The fourth-order valence-corrected chi connectivity index (χ4v) is 2.01. The molecule has 3 rings (SSSR count). The quantitative estimate of drug-likeness (QED) is 0.911. The third kappa shape index (κ3) is 2.47. The van der Waals surface area contributed by atoms with Gasteiger partial charge in [-0.25, -0.2) is 9.37 Å². The molecule has 1 N–H and O–H groups in total. The average molecular weight is 260 g/mol. The first-order valence-corrected chi connectivity index (χ1v) is 6.15. The van der Waals surface area contributed by atoms with Gasteiger partial charge in [-0.2, -0.15) is 5.10 Å². The molecule has 1 heterocycles. The highest BCUT2D eigenvalue weighted by Gasteiger charge is 2.34. The van der Waals surface area contributed by atoms with Crippen molar-refractivity contribution < 1.29 is 9.18 Å². The highest BCUT2D eigenvalue weighted by atomic mass is 19.1. The van der Waals surface area contributed by atoms with Gasteiger partial charge in [-0.05, 0) is 18.9 Å². The molecule has 0 spiro atoms. The lowest BCUT2D eigenvalue weighted by Crippen LogP contribution is -2.33. The van der Waals surface area contributed by atoms with Gasteiger partial charge in [0.05, 0.1) is 0 Å². The summed E-state index contributed by atoms with van der Waals surface area (Å²) < 4.78 is 13.7. The molecule has 1 aliphatic rings. The lowest BCUT2D eigenvalue weighted by Gasteiger charge is -2.21. The second kappa shape index (κ2) is 4.79. The van der Waals surface area contributed by atoms with E-state index in [1.54, 1.807) is 23.1 Å². The first kappa shape index (κ1) is 11.8. The fourth-order valence-electron chi connectivity index (χ4n) is 2.01. The molecule has 1 aliphatic carbocycles. The van der Waals surface area contributed by atoms with Gasteiger partial charge in [0.1, 0.15) is 12.1 Å². The Balaban J connectivity index is 1.82. The third-order valence-corrected chi connectivity index (χ3v) is 3.16. The molecule has 0 bridgehead atoms. The molecule has 1 aromatic heterocycles. The third-order valence-electron chi connectivity index (χ3n) is 3.16. The summed E-state index contributed by atoms with van der Waals surface area (Å²) in [5.41, 5.74) is 0.516. The van der Waals surface area contributed by atoms with Crippen LogP contribution in [0.5, 0.6) is 0 Å². The Morgan fingerprint density at radius 3 is 2.84 bits per heavy atom. The number of hydrogen-bond donors (Lipinski definition) is 1. The van der Waals surface area contributed by atoms with Crippen LogP contribution in [-0.2, 0) is 6.54 Å². The molecule has 0 radical (unpaired) electrons. The van der Waals surface area contributed by atoms with Crippen LogP contribution in [0.2, 0.25) is 0 Å². The van der Waals surface area contributed by atoms with Gasteiger partial charge in [0.2, 0.25) is 5.82 Å². The maximum absolute atomic E-state index is 13.7. The van der Waals surface area contributed by atoms with Crippen LogP contribution in [0, 0.1) is 5.82 Å². The summed E-state index contributed by atoms with van der Waals surface area (Å²) in [6.45, 7) is 0.261. The van der Waals surface area contributed by atoms with Crippen LogP contribution in [0.25, 0.3) is 0 Å². The molecule has 0 aliphatic heterocycles. The number of halogens is 1. The number of aromatic nitrogens is 3. The number of aromatic amines is 1. The van der Waals surface area contributed by atoms with E-state index < -0.39 is 0 Å². The number of benzene rings is 1. The van der Waals surface area contributed by atoms with Crippen LogP contribution in [0.4, 0.5) is 4.39 Å². The molecule has 0 saturated heterocycles. The number of carbonyl (C=O) groups excluding carboxylic acids is 1. The number of H-pyrrole nitrogens is 1. The molecule has 6 heteroatoms. The minimum atomic E-state index is -0.293. The zero-order valence-electron chi connectivity index (χ0n) is 10.2. The van der Waals surface area contributed by atoms with Crippen molar-refractivity contribution in [3.63, 3.8) is 0 Å². The highest BCUT2D eigenvalue weighted by Crippen LogP contribution is 2.29. The zero-order valence-corrected chi connectivity index (χ0v) is 10.2. The number of hydrogen-bond acceptors (Lipinski definition) is 3. The molecule has 1 saturated carbocycles. The number of amides is 1. The molecule has 1 amide bonds. The van der Waals surface area contributed by atoms with Crippen molar-refractivity contribution in [2.75, 3.05) is 0 Å². The standard InChI is InChI=1S/C13H13FN4O/c14-11-4-2-1-3-9(11)7-18(10-5-6-10)13(19)12-15-8-16-17-12/h1-4,8,10H,5-7H2,(H,15,16,17). The molecule has 0 atom stereocenters. The van der Waals surface area contributed by atoms with Gasteiger partial charge in [0.15, 0.2) is 0 Å². The molecule has 5 nitrogen and oxygen atoms in total. The van der Waals surface area contributed by atoms with Crippen molar-refractivity contribution >= 4 is 5.91 Å². The zero-order chi connectivity index (χ0) is 13.2. The van der Waals surface area contributed by atoms with Gasteiger partial charge >= 0.3 is 0 Å². The van der Waals surface area contributed by atoms with E-state index in [2.05, 4.69) is 15.2 Å². The van der Waals surface area contributed by atoms with Crippen molar-refractivity contribution in [2.24, 2.45) is 0 Å². The van der Waals surface area contributed by atoms with Crippen LogP contribution in [0.1, 0.15) is 29.0 Å². The van der Waals surface area contributed by atoms with Crippen LogP contribution in [0.3, 0.4) is 0 Å². The van der Waals surface area contributed by atoms with Crippen molar-refractivity contribution in [1.82, 2.24) is 20.1 Å². The second-order valence-electron chi connectivity index (χ2n) is 4.59. The van der Waals surface area contributed by atoms with E-state index in [1.165, 1.54) is 12.4 Å². The van der Waals surface area contributed by atoms with E-state index >= 15 is 0 Å². The van der Waals surface area contributed by atoms with Gasteiger partial charge in [-0.1, -0.05) is 18.2 Å². The van der Waals surface area contributed by atoms with Crippen LogP contribution in [0.15, 0.2) is 30.6 Å². The Labute approximate surface area is 109 Å². The summed E-state index contributed by atoms with van der Waals surface area (Å²) in [5, 5.41) is 6.23. The van der Waals surface area contributed by atoms with Crippen LogP contribution in [-0.4, -0.2) is 32.0 Å². The Morgan fingerprint density at radius 1 is 1.42 bits per heavy atom. The fraction of sp³-hybridized carbons (Fsp3) is 0.308. The van der Waals surface area contributed by atoms with Crippen molar-refractivity contribution in [2.45, 2.75) is 25.4 Å². The first-order chi connectivity index (χ1) is 9.25. The lowest BCUT2D eigenvalue weighted by molar-refractivity contribution is 0.0716. The highest BCUT2D eigenvalue weighted by molar-refractivity contribution is 5.90. The Kier molecular flexibility index (Phi) is 2.98. The number of rotatable bonds is 4. The summed E-state index contributed by atoms with van der Waals surface area (Å²) in [5.74, 6) is -0.329. The van der Waals surface area contributed by atoms with Gasteiger partial charge in [0.25, 0.3) is 5.91 Å². The lowest BCUT2D eigenvalue weighted by atomic mass is 10.2. The van der Waals surface area contributed by atoms with Crippen molar-refractivity contribution in [3.05, 3.63) is 47.8 Å². The predicted molar refractivity (Wildman–Crippen MR) is 65.7 cm³/mol. The molecule has 1 aromatic carbocycles. The second-order valence-corrected chi connectivity index (χ2v) is 4.59. The van der Waals surface area contributed by atoms with Crippen LogP contribution >= 0.6 is 0 Å². The molecule has 0 unspecified atom stereocenters. The topological polar surface area (TPSA) is 61.9 Å². The summed E-state index contributed by atoms with van der Waals surface area (Å²) in [7, 11) is 0. The van der Waals surface area contributed by atoms with E-state index in [9.17, 15) is 9.18 Å². The van der Waals surface area contributed by atoms with E-state index in [4.69, 9.17) is 0 Å². The summed E-state index contributed by atoms with van der Waals surface area (Å²) in [6.07, 6.45) is 3.20. The molecular formula is C13H13FN4O. The maximum atomic E-state index is 13.7. The predicted octanol–water partition coefficient (Wildman–Crippen LogP) is 1.75. The SMILES string of the molecule is O=C(c1ncn[nH]1)N(Cc1ccccc1F)C1CC1. The van der Waals surface area contributed by atoms with Crippen molar-refractivity contribution in [1.29, 1.82) is 0 Å². The number of carbonyl (C=O) groups is 1. The molecular weight excluding hydrogens is 247 g/mol. The monoisotopic (exact) mass is 260 g/mol. The average Bonchev–Trinajstić information content (AvgIpc) is 3.11. The molecule has 19 heavy (non-hydrogen) atoms. The normalized spacial score (nSPS) is 14.4. The number of nitrogens with one attached hydrogen (secondary N) is 1. The Bertz CT molecular complexity index is 580. The van der Waals surface area contributed by atoms with Gasteiger partial charge in [0, 0.05) is 18.2 Å². The van der Waals surface area contributed by atoms with Gasteiger partial charge in [-0.15, -0.1) is 0 Å². The number of nitrogens with zero attached hydrogens (tertiary/aromatic N) is 3. The van der Waals surface area contributed by atoms with Crippen molar-refractivity contribution in [3.8, 4) is 0 Å². The largest absolute Gasteiger partial charge is 0.329 e. The van der Waals surface area contributed by atoms with E-state index in [-0.39, 0.29) is 30.1 Å². The van der Waals surface area contributed by atoms with E-state index in [0.29, 0.717) is 5.56 Å². The summed E-state index contributed by atoms with van der Waals surface area (Å²) >= 11 is 0. The van der Waals surface area contributed by atoms with Crippen LogP contribution < -0.4 is 0 Å². The summed E-state index contributed by atoms with van der Waals surface area (Å²) in [6, 6.07) is 6.68. The molecule has 1 fully saturated rings. The minimum absolute atomic E-state index is 0.178. The Hall–Kier alpha value is -2.24. The summed E-state index contributed by atoms with van der Waals surface area (Å²) in [4.78, 5) is 17.8. The van der Waals surface area contributed by atoms with E-state index in [1.807, 2.05) is 0 Å². The molecule has 98 valence electrons.